The Hall–Kier alpha value is -2.23. The van der Waals surface area contributed by atoms with Gasteiger partial charge < -0.3 is 10.6 Å². The average Bonchev–Trinajstić information content (AvgIpc) is 2.59. The van der Waals surface area contributed by atoms with E-state index in [-0.39, 0.29) is 0 Å². The van der Waals surface area contributed by atoms with Gasteiger partial charge >= 0.3 is 0 Å². The van der Waals surface area contributed by atoms with Gasteiger partial charge in [-0.25, -0.2) is 4.99 Å². The highest BCUT2D eigenvalue weighted by atomic mass is 32.2. The normalized spacial score (nSPS) is 23.7. The fourth-order valence-corrected chi connectivity index (χ4v) is 2.60. The van der Waals surface area contributed by atoms with Crippen molar-refractivity contribution < 1.29 is 0 Å². The molecule has 0 aromatic carbocycles. The molecule has 3 aliphatic rings. The number of rotatable bonds is 0. The molecular formula is C14H12N4S. The highest BCUT2D eigenvalue weighted by Crippen LogP contribution is 2.31. The fraction of sp³-hybridized carbons (Fsp3) is 0.0714. The van der Waals surface area contributed by atoms with E-state index < -0.39 is 0 Å². The van der Waals surface area contributed by atoms with Crippen molar-refractivity contribution in [3.8, 4) is 0 Å². The van der Waals surface area contributed by atoms with Crippen molar-refractivity contribution in [1.82, 2.24) is 10.6 Å². The number of allylic oxidation sites excluding steroid dienone is 2. The summed E-state index contributed by atoms with van der Waals surface area (Å²) in [6, 6.07) is 0. The summed E-state index contributed by atoms with van der Waals surface area (Å²) in [5.41, 5.74) is 5.01. The van der Waals surface area contributed by atoms with E-state index >= 15 is 0 Å². The zero-order valence-corrected chi connectivity index (χ0v) is 11.0. The van der Waals surface area contributed by atoms with Gasteiger partial charge in [0.15, 0.2) is 5.84 Å². The van der Waals surface area contributed by atoms with Crippen LogP contribution in [0.25, 0.3) is 0 Å². The quantitative estimate of drug-likeness (QED) is 0.664. The van der Waals surface area contributed by atoms with E-state index in [1.807, 2.05) is 6.08 Å². The van der Waals surface area contributed by atoms with Gasteiger partial charge in [-0.1, -0.05) is 24.4 Å². The van der Waals surface area contributed by atoms with Gasteiger partial charge in [-0.2, -0.15) is 0 Å². The molecule has 0 amide bonds. The highest BCUT2D eigenvalue weighted by molar-refractivity contribution is 8.06. The molecule has 0 aliphatic carbocycles. The second kappa shape index (κ2) is 5.18. The Morgan fingerprint density at radius 2 is 2.37 bits per heavy atom. The lowest BCUT2D eigenvalue weighted by Gasteiger charge is -2.15. The maximum Gasteiger partial charge on any atom is 0.154 e. The molecule has 0 bridgehead atoms. The molecule has 0 saturated carbocycles. The van der Waals surface area contributed by atoms with Crippen LogP contribution >= 0.6 is 11.8 Å². The van der Waals surface area contributed by atoms with Gasteiger partial charge in [0.25, 0.3) is 0 Å². The zero-order chi connectivity index (χ0) is 13.1. The number of nitrogens with one attached hydrogen (secondary N) is 2. The SMILES string of the molecule is C=C1NC2=NC=CN/C2=C/CC2=C(C=C=CC=N2)S1. The van der Waals surface area contributed by atoms with Gasteiger partial charge in [-0.3, -0.25) is 4.99 Å². The van der Waals surface area contributed by atoms with E-state index in [9.17, 15) is 0 Å². The number of fused-ring (bicyclic) bond motifs is 1. The second-order valence-corrected chi connectivity index (χ2v) is 5.11. The molecule has 0 unspecified atom stereocenters. The van der Waals surface area contributed by atoms with E-state index in [1.165, 1.54) is 0 Å². The van der Waals surface area contributed by atoms with Crippen LogP contribution in [0.5, 0.6) is 0 Å². The molecule has 3 aliphatic heterocycles. The minimum Gasteiger partial charge on any atom is -0.357 e. The average molecular weight is 268 g/mol. The molecule has 2 N–H and O–H groups in total. The number of hydrogen-bond acceptors (Lipinski definition) is 5. The Morgan fingerprint density at radius 3 is 3.32 bits per heavy atom. The van der Waals surface area contributed by atoms with Gasteiger partial charge in [0.05, 0.1) is 16.4 Å². The predicted octanol–water partition coefficient (Wildman–Crippen LogP) is 2.55. The number of thioether (sulfide) groups is 1. The minimum absolute atomic E-state index is 0.731. The van der Waals surface area contributed by atoms with Crippen molar-refractivity contribution in [3.05, 3.63) is 64.3 Å². The first-order chi connectivity index (χ1) is 9.33. The monoisotopic (exact) mass is 268 g/mol. The Balaban J connectivity index is 2.00. The standard InChI is InChI=1S/C14H12N4S/c1-10-18-14-12(16-8-9-17-14)6-5-11-13(19-10)4-2-3-7-15-11/h3-4,6-9,16H,1,5H2,(H,17,18)/b12-6+. The predicted molar refractivity (Wildman–Crippen MR) is 80.4 cm³/mol. The highest BCUT2D eigenvalue weighted by Gasteiger charge is 2.15. The summed E-state index contributed by atoms with van der Waals surface area (Å²) in [4.78, 5) is 9.81. The Morgan fingerprint density at radius 1 is 1.42 bits per heavy atom. The third-order valence-electron chi connectivity index (χ3n) is 2.66. The molecule has 4 nitrogen and oxygen atoms in total. The van der Waals surface area contributed by atoms with Crippen molar-refractivity contribution in [2.45, 2.75) is 6.42 Å². The molecule has 0 saturated heterocycles. The van der Waals surface area contributed by atoms with Crippen molar-refractivity contribution >= 4 is 23.8 Å². The molecule has 0 radical (unpaired) electrons. The molecule has 3 heterocycles. The van der Waals surface area contributed by atoms with E-state index in [4.69, 9.17) is 0 Å². The fourth-order valence-electron chi connectivity index (χ4n) is 1.80. The van der Waals surface area contributed by atoms with Crippen LogP contribution in [0.3, 0.4) is 0 Å². The molecule has 0 spiro atoms. The van der Waals surface area contributed by atoms with Crippen LogP contribution in [-0.2, 0) is 0 Å². The summed E-state index contributed by atoms with van der Waals surface area (Å²) in [6.07, 6.45) is 11.8. The first-order valence-electron chi connectivity index (χ1n) is 5.85. The topological polar surface area (TPSA) is 48.8 Å². The molecular weight excluding hydrogens is 256 g/mol. The van der Waals surface area contributed by atoms with Gasteiger partial charge in [-0.15, -0.1) is 5.73 Å². The zero-order valence-electron chi connectivity index (χ0n) is 10.2. The summed E-state index contributed by atoms with van der Waals surface area (Å²) >= 11 is 1.54. The summed E-state index contributed by atoms with van der Waals surface area (Å²) < 4.78 is 0. The molecule has 0 fully saturated rings. The second-order valence-electron chi connectivity index (χ2n) is 3.98. The van der Waals surface area contributed by atoms with Crippen molar-refractivity contribution in [3.63, 3.8) is 0 Å². The first-order valence-corrected chi connectivity index (χ1v) is 6.66. The largest absolute Gasteiger partial charge is 0.357 e. The summed E-state index contributed by atoms with van der Waals surface area (Å²) in [7, 11) is 0. The molecule has 3 rings (SSSR count). The smallest absolute Gasteiger partial charge is 0.154 e. The summed E-state index contributed by atoms with van der Waals surface area (Å²) in [5.74, 6) is 0.779. The Labute approximate surface area is 115 Å². The lowest BCUT2D eigenvalue weighted by Crippen LogP contribution is -2.30. The van der Waals surface area contributed by atoms with Crippen molar-refractivity contribution in [2.24, 2.45) is 9.98 Å². The van der Waals surface area contributed by atoms with Gasteiger partial charge in [-0.05, 0) is 12.2 Å². The Bertz CT molecular complexity index is 640. The third-order valence-corrected chi connectivity index (χ3v) is 3.58. The van der Waals surface area contributed by atoms with Gasteiger partial charge in [0.1, 0.15) is 0 Å². The number of nitrogens with zero attached hydrogens (tertiary/aromatic N) is 2. The molecule has 0 atom stereocenters. The number of hydrogen-bond donors (Lipinski definition) is 2. The maximum absolute atomic E-state index is 4.45. The van der Waals surface area contributed by atoms with Crippen LogP contribution in [-0.4, -0.2) is 12.1 Å². The Kier molecular flexibility index (Phi) is 3.23. The van der Waals surface area contributed by atoms with Crippen LogP contribution in [0.4, 0.5) is 0 Å². The van der Waals surface area contributed by atoms with Crippen molar-refractivity contribution in [2.75, 3.05) is 0 Å². The van der Waals surface area contributed by atoms with E-state index in [1.54, 1.807) is 36.5 Å². The first kappa shape index (κ1) is 11.8. The van der Waals surface area contributed by atoms with Crippen LogP contribution in [0.15, 0.2) is 74.3 Å². The van der Waals surface area contributed by atoms with Gasteiger partial charge in [0, 0.05) is 29.9 Å². The number of amidine groups is 1. The lowest BCUT2D eigenvalue weighted by molar-refractivity contribution is 1.03. The van der Waals surface area contributed by atoms with Crippen LogP contribution in [0.1, 0.15) is 6.42 Å². The maximum atomic E-state index is 4.45. The molecule has 0 aromatic heterocycles. The summed E-state index contributed by atoms with van der Waals surface area (Å²) in [5, 5.41) is 7.20. The van der Waals surface area contributed by atoms with E-state index in [2.05, 4.69) is 39.0 Å². The summed E-state index contributed by atoms with van der Waals surface area (Å²) in [6.45, 7) is 4.02. The van der Waals surface area contributed by atoms with E-state index in [0.29, 0.717) is 0 Å². The van der Waals surface area contributed by atoms with Crippen LogP contribution in [0, 0.1) is 0 Å². The molecule has 94 valence electrons. The van der Waals surface area contributed by atoms with Crippen LogP contribution < -0.4 is 10.6 Å². The number of aliphatic imine (C=N–C) groups is 2. The molecule has 5 heteroatoms. The van der Waals surface area contributed by atoms with Gasteiger partial charge in [0.2, 0.25) is 0 Å². The lowest BCUT2D eigenvalue weighted by atomic mass is 10.2. The third kappa shape index (κ3) is 2.62. The van der Waals surface area contributed by atoms with Crippen LogP contribution in [0.2, 0.25) is 0 Å². The molecule has 19 heavy (non-hydrogen) atoms. The molecule has 0 aromatic rings. The van der Waals surface area contributed by atoms with E-state index in [0.717, 1.165) is 33.6 Å². The minimum atomic E-state index is 0.731. The van der Waals surface area contributed by atoms with Crippen molar-refractivity contribution in [1.29, 1.82) is 0 Å².